The molecular weight excluding hydrogens is 291 g/mol. The number of imidazole rings is 1. The van der Waals surface area contributed by atoms with Gasteiger partial charge in [0, 0.05) is 0 Å². The van der Waals surface area contributed by atoms with Crippen molar-refractivity contribution in [3.05, 3.63) is 36.7 Å². The van der Waals surface area contributed by atoms with E-state index < -0.39 is 18.4 Å². The molecule has 0 saturated heterocycles. The van der Waals surface area contributed by atoms with Crippen molar-refractivity contribution in [1.82, 2.24) is 9.97 Å². The van der Waals surface area contributed by atoms with Crippen LogP contribution in [-0.4, -0.2) is 28.3 Å². The number of hydrogen-bond donors (Lipinski definition) is 1. The Morgan fingerprint density at radius 3 is 2.20 bits per heavy atom. The predicted molar refractivity (Wildman–Crippen MR) is 67.0 cm³/mol. The van der Waals surface area contributed by atoms with Crippen LogP contribution in [0.3, 0.4) is 0 Å². The molecule has 0 spiro atoms. The summed E-state index contributed by atoms with van der Waals surface area (Å²) in [5, 5.41) is 0. The number of H-pyrrole nitrogens is 1. The first-order chi connectivity index (χ1) is 7.07. The predicted octanol–water partition coefficient (Wildman–Crippen LogP) is 2.62. The summed E-state index contributed by atoms with van der Waals surface area (Å²) in [5.74, 6) is 0.950. The number of aromatic amines is 1. The summed E-state index contributed by atoms with van der Waals surface area (Å²) in [6.45, 7) is 0. The van der Waals surface area contributed by atoms with Crippen molar-refractivity contribution < 1.29 is 0 Å². The maximum atomic E-state index is 4.24. The zero-order chi connectivity index (χ0) is 10.9. The molecule has 0 unspecified atom stereocenters. The van der Waals surface area contributed by atoms with Crippen LogP contribution >= 0.6 is 0 Å². The molecule has 0 saturated carbocycles. The summed E-state index contributed by atoms with van der Waals surface area (Å²) in [6.07, 6.45) is 3.64. The molecule has 78 valence electrons. The molecule has 0 aliphatic rings. The molecule has 1 aromatic carbocycles. The molecule has 2 nitrogen and oxygen atoms in total. The second-order valence-corrected chi connectivity index (χ2v) is 19.3. The Labute approximate surface area is 94.6 Å². The van der Waals surface area contributed by atoms with Crippen LogP contribution in [0.1, 0.15) is 0 Å². The molecule has 1 aromatic heterocycles. The van der Waals surface area contributed by atoms with Crippen molar-refractivity contribution >= 4 is 22.0 Å². The zero-order valence-corrected chi connectivity index (χ0v) is 12.3. The van der Waals surface area contributed by atoms with Crippen molar-refractivity contribution in [2.45, 2.75) is 14.8 Å². The molecule has 3 heteroatoms. The van der Waals surface area contributed by atoms with E-state index in [1.54, 1.807) is 9.78 Å². The van der Waals surface area contributed by atoms with Crippen molar-refractivity contribution in [1.29, 1.82) is 0 Å². The molecule has 2 aromatic rings. The van der Waals surface area contributed by atoms with E-state index in [1.165, 1.54) is 5.56 Å². The number of benzene rings is 1. The van der Waals surface area contributed by atoms with Gasteiger partial charge >= 0.3 is 94.8 Å². The van der Waals surface area contributed by atoms with E-state index in [1.807, 2.05) is 6.20 Å². The topological polar surface area (TPSA) is 28.7 Å². The van der Waals surface area contributed by atoms with Gasteiger partial charge in [0.2, 0.25) is 0 Å². The van der Waals surface area contributed by atoms with Gasteiger partial charge in [-0.25, -0.2) is 0 Å². The van der Waals surface area contributed by atoms with Gasteiger partial charge in [0.25, 0.3) is 0 Å². The van der Waals surface area contributed by atoms with Crippen LogP contribution in [0.4, 0.5) is 0 Å². The van der Waals surface area contributed by atoms with Gasteiger partial charge < -0.3 is 0 Å². The number of hydrogen-bond acceptors (Lipinski definition) is 1. The van der Waals surface area contributed by atoms with E-state index in [0.717, 1.165) is 5.82 Å². The fourth-order valence-corrected chi connectivity index (χ4v) is 4.88. The van der Waals surface area contributed by atoms with E-state index >= 15 is 0 Å². The third-order valence-corrected chi connectivity index (χ3v) is 8.42. The Balaban J connectivity index is 2.33. The first-order valence-corrected chi connectivity index (χ1v) is 15.2. The normalized spacial score (nSPS) is 11.7. The summed E-state index contributed by atoms with van der Waals surface area (Å²) in [7, 11) is 0. The second kappa shape index (κ2) is 4.00. The molecular formula is C12H16N2Sn. The second-order valence-electron chi connectivity index (χ2n) is 4.77. The van der Waals surface area contributed by atoms with Crippen LogP contribution < -0.4 is 3.58 Å². The van der Waals surface area contributed by atoms with Crippen molar-refractivity contribution in [2.24, 2.45) is 0 Å². The van der Waals surface area contributed by atoms with Gasteiger partial charge in [-0.3, -0.25) is 0 Å². The Kier molecular flexibility index (Phi) is 2.87. The number of rotatable bonds is 2. The summed E-state index contributed by atoms with van der Waals surface area (Å²) < 4.78 is 1.56. The number of nitrogens with zero attached hydrogens (tertiary/aromatic N) is 1. The summed E-state index contributed by atoms with van der Waals surface area (Å²) in [6, 6.07) is 8.84. The van der Waals surface area contributed by atoms with Crippen LogP contribution in [0.2, 0.25) is 14.8 Å². The van der Waals surface area contributed by atoms with Crippen LogP contribution in [0.25, 0.3) is 11.4 Å². The van der Waals surface area contributed by atoms with E-state index in [-0.39, 0.29) is 0 Å². The SMILES string of the molecule is [CH3][Sn]([CH3])([CH3])[c]1ccc(-c2ncc[nH]2)cc1. The molecule has 1 heterocycles. The Morgan fingerprint density at radius 1 is 1.07 bits per heavy atom. The molecule has 0 aliphatic heterocycles. The molecule has 1 N–H and O–H groups in total. The molecule has 15 heavy (non-hydrogen) atoms. The van der Waals surface area contributed by atoms with Crippen molar-refractivity contribution in [2.75, 3.05) is 0 Å². The van der Waals surface area contributed by atoms with Crippen LogP contribution in [0, 0.1) is 0 Å². The average Bonchev–Trinajstić information content (AvgIpc) is 2.69. The van der Waals surface area contributed by atoms with Crippen LogP contribution in [-0.2, 0) is 0 Å². The number of aromatic nitrogens is 2. The van der Waals surface area contributed by atoms with Gasteiger partial charge in [-0.2, -0.15) is 0 Å². The molecule has 0 atom stereocenters. The average molecular weight is 307 g/mol. The minimum absolute atomic E-state index is 0.950. The summed E-state index contributed by atoms with van der Waals surface area (Å²) in [5.41, 5.74) is 1.17. The van der Waals surface area contributed by atoms with E-state index in [2.05, 4.69) is 49.1 Å². The van der Waals surface area contributed by atoms with Gasteiger partial charge in [-0.1, -0.05) is 0 Å². The molecule has 0 fully saturated rings. The first kappa shape index (κ1) is 10.7. The van der Waals surface area contributed by atoms with Crippen molar-refractivity contribution in [3.63, 3.8) is 0 Å². The molecule has 0 aliphatic carbocycles. The standard InChI is InChI=1S/C9H7N2.3CH3.Sn/c1-2-4-8(5-3-1)9-10-6-7-11-9;;;;/h2-7H,(H,10,11);3*1H3;. The summed E-state index contributed by atoms with van der Waals surface area (Å²) >= 11 is -1.88. The van der Waals surface area contributed by atoms with Gasteiger partial charge in [0.1, 0.15) is 0 Å². The fraction of sp³-hybridized carbons (Fsp3) is 0.250. The molecule has 2 rings (SSSR count). The van der Waals surface area contributed by atoms with Gasteiger partial charge in [-0.15, -0.1) is 0 Å². The van der Waals surface area contributed by atoms with E-state index in [4.69, 9.17) is 0 Å². The zero-order valence-electron chi connectivity index (χ0n) is 9.41. The molecule has 0 bridgehead atoms. The Hall–Kier alpha value is -0.771. The Morgan fingerprint density at radius 2 is 1.73 bits per heavy atom. The van der Waals surface area contributed by atoms with E-state index in [0.29, 0.717) is 0 Å². The fourth-order valence-electron chi connectivity index (χ4n) is 1.55. The van der Waals surface area contributed by atoms with Crippen LogP contribution in [0.15, 0.2) is 36.7 Å². The number of nitrogens with one attached hydrogen (secondary N) is 1. The van der Waals surface area contributed by atoms with Crippen molar-refractivity contribution in [3.8, 4) is 11.4 Å². The molecule has 0 amide bonds. The maximum absolute atomic E-state index is 4.24. The summed E-state index contributed by atoms with van der Waals surface area (Å²) in [4.78, 5) is 14.6. The van der Waals surface area contributed by atoms with Gasteiger partial charge in [0.05, 0.1) is 0 Å². The third kappa shape index (κ3) is 2.42. The quantitative estimate of drug-likeness (QED) is 0.849. The van der Waals surface area contributed by atoms with Gasteiger partial charge in [0.15, 0.2) is 0 Å². The minimum atomic E-state index is -1.88. The molecule has 0 radical (unpaired) electrons. The van der Waals surface area contributed by atoms with E-state index in [9.17, 15) is 0 Å². The Bertz CT molecular complexity index is 424. The monoisotopic (exact) mass is 308 g/mol. The van der Waals surface area contributed by atoms with Gasteiger partial charge in [-0.05, 0) is 0 Å². The first-order valence-electron chi connectivity index (χ1n) is 5.18. The van der Waals surface area contributed by atoms with Crippen LogP contribution in [0.5, 0.6) is 0 Å². The third-order valence-electron chi connectivity index (χ3n) is 2.52.